The van der Waals surface area contributed by atoms with E-state index in [2.05, 4.69) is 40.3 Å². The molecule has 0 aliphatic heterocycles. The lowest BCUT2D eigenvalue weighted by Gasteiger charge is -1.90. The fourth-order valence-corrected chi connectivity index (χ4v) is 3.07. The van der Waals surface area contributed by atoms with E-state index >= 15 is 0 Å². The van der Waals surface area contributed by atoms with Crippen LogP contribution < -0.4 is 0 Å². The van der Waals surface area contributed by atoms with Crippen molar-refractivity contribution in [3.05, 3.63) is 13.0 Å². The van der Waals surface area contributed by atoms with E-state index in [9.17, 15) is 0 Å². The van der Waals surface area contributed by atoms with Gasteiger partial charge in [-0.05, 0) is 41.7 Å². The second-order valence-electron chi connectivity index (χ2n) is 1.59. The molecule has 9 heavy (non-hydrogen) atoms. The molecular weight excluding hydrogens is 265 g/mol. The molecule has 0 amide bonds. The van der Waals surface area contributed by atoms with Gasteiger partial charge in [-0.15, -0.1) is 0 Å². The summed E-state index contributed by atoms with van der Waals surface area (Å²) >= 11 is 8.99. The van der Waals surface area contributed by atoms with Crippen LogP contribution >= 0.6 is 46.1 Å². The maximum atomic E-state index is 5.05. The van der Waals surface area contributed by atoms with Crippen LogP contribution in [0, 0.1) is 6.84 Å². The van der Waals surface area contributed by atoms with Gasteiger partial charge in [0.15, 0.2) is 3.95 Å². The van der Waals surface area contributed by atoms with Crippen LogP contribution in [-0.4, -0.2) is 4.57 Å². The molecule has 1 aromatic rings. The van der Waals surface area contributed by atoms with E-state index in [1.807, 2.05) is 0 Å². The van der Waals surface area contributed by atoms with E-state index in [0.29, 0.717) is 0 Å². The number of halogens is 1. The van der Waals surface area contributed by atoms with Gasteiger partial charge < -0.3 is 4.57 Å². The quantitative estimate of drug-likeness (QED) is 0.561. The summed E-state index contributed by atoms with van der Waals surface area (Å²) in [6.45, 7) is 3.08. The largest absolute Gasteiger partial charge is 0.329 e. The number of nitrogens with zero attached hydrogens (tertiary/aromatic N) is 1. The molecule has 0 atom stereocenters. The lowest BCUT2D eigenvalue weighted by atomic mass is 10.7. The number of aromatic nitrogens is 1. The van der Waals surface area contributed by atoms with Gasteiger partial charge in [-0.2, -0.15) is 0 Å². The second-order valence-corrected chi connectivity index (χ2v) is 5.16. The summed E-state index contributed by atoms with van der Waals surface area (Å²) in [5.41, 5.74) is 0. The van der Waals surface area contributed by atoms with Crippen LogP contribution in [0.3, 0.4) is 0 Å². The molecule has 0 aliphatic carbocycles. The maximum absolute atomic E-state index is 5.05. The van der Waals surface area contributed by atoms with Gasteiger partial charge in [0, 0.05) is 12.7 Å². The average molecular weight is 271 g/mol. The Kier molecular flexibility index (Phi) is 2.66. The fourth-order valence-electron chi connectivity index (χ4n) is 0.564. The monoisotopic (exact) mass is 271 g/mol. The Hall–Kier alpha value is 0.580. The molecule has 0 fully saturated rings. The number of aryl methyl sites for hydroxylation is 1. The Morgan fingerprint density at radius 2 is 2.56 bits per heavy atom. The van der Waals surface area contributed by atoms with Crippen LogP contribution in [0.25, 0.3) is 0 Å². The van der Waals surface area contributed by atoms with Crippen molar-refractivity contribution in [1.82, 2.24) is 4.57 Å². The summed E-state index contributed by atoms with van der Waals surface area (Å²) in [5.74, 6) is 0. The number of hydrogen-bond acceptors (Lipinski definition) is 2. The SMILES string of the molecule is CCn1cc(I)sc1=S. The van der Waals surface area contributed by atoms with Crippen LogP contribution in [0.15, 0.2) is 6.20 Å². The first-order valence-electron chi connectivity index (χ1n) is 2.60. The Balaban J connectivity index is 3.16. The molecule has 1 rings (SSSR count). The van der Waals surface area contributed by atoms with Crippen molar-refractivity contribution in [2.75, 3.05) is 0 Å². The van der Waals surface area contributed by atoms with Gasteiger partial charge in [0.2, 0.25) is 0 Å². The molecule has 50 valence electrons. The van der Waals surface area contributed by atoms with Crippen molar-refractivity contribution >= 4 is 46.1 Å². The molecule has 0 aliphatic rings. The molecule has 0 aromatic carbocycles. The van der Waals surface area contributed by atoms with Crippen LogP contribution in [0.5, 0.6) is 0 Å². The van der Waals surface area contributed by atoms with Crippen LogP contribution in [-0.2, 0) is 6.54 Å². The van der Waals surface area contributed by atoms with E-state index in [-0.39, 0.29) is 0 Å². The lowest BCUT2D eigenvalue weighted by Crippen LogP contribution is -1.88. The minimum atomic E-state index is 0.974. The smallest absolute Gasteiger partial charge is 0.162 e. The van der Waals surface area contributed by atoms with E-state index in [0.717, 1.165) is 10.5 Å². The third-order valence-corrected chi connectivity index (χ3v) is 3.15. The predicted octanol–water partition coefficient (Wildman–Crippen LogP) is 2.90. The summed E-state index contributed by atoms with van der Waals surface area (Å²) in [5, 5.41) is 0. The molecule has 1 heterocycles. The minimum absolute atomic E-state index is 0.974. The highest BCUT2D eigenvalue weighted by Gasteiger charge is 1.93. The van der Waals surface area contributed by atoms with Crippen molar-refractivity contribution in [3.63, 3.8) is 0 Å². The number of thiazole rings is 1. The maximum Gasteiger partial charge on any atom is 0.162 e. The Morgan fingerprint density at radius 1 is 1.89 bits per heavy atom. The third kappa shape index (κ3) is 1.75. The molecule has 0 unspecified atom stereocenters. The van der Waals surface area contributed by atoms with Crippen LogP contribution in [0.4, 0.5) is 0 Å². The normalized spacial score (nSPS) is 10.0. The molecule has 4 heteroatoms. The molecule has 0 radical (unpaired) electrons. The third-order valence-electron chi connectivity index (χ3n) is 1.02. The first kappa shape index (κ1) is 7.68. The Bertz CT molecular complexity index is 250. The van der Waals surface area contributed by atoms with Gasteiger partial charge in [0.25, 0.3) is 0 Å². The van der Waals surface area contributed by atoms with Crippen molar-refractivity contribution in [1.29, 1.82) is 0 Å². The van der Waals surface area contributed by atoms with Gasteiger partial charge in [0.05, 0.1) is 2.88 Å². The lowest BCUT2D eigenvalue weighted by molar-refractivity contribution is 0.762. The molecule has 0 bridgehead atoms. The zero-order valence-corrected chi connectivity index (χ0v) is 8.72. The highest BCUT2D eigenvalue weighted by molar-refractivity contribution is 14.1. The van der Waals surface area contributed by atoms with E-state index in [1.54, 1.807) is 11.3 Å². The zero-order valence-electron chi connectivity index (χ0n) is 4.93. The first-order valence-corrected chi connectivity index (χ1v) is 4.90. The highest BCUT2D eigenvalue weighted by atomic mass is 127. The van der Waals surface area contributed by atoms with Crippen molar-refractivity contribution in [2.45, 2.75) is 13.5 Å². The van der Waals surface area contributed by atoms with Crippen molar-refractivity contribution < 1.29 is 0 Å². The highest BCUT2D eigenvalue weighted by Crippen LogP contribution is 2.13. The first-order chi connectivity index (χ1) is 4.24. The van der Waals surface area contributed by atoms with Gasteiger partial charge in [-0.1, -0.05) is 11.3 Å². The molecule has 0 saturated heterocycles. The zero-order chi connectivity index (χ0) is 6.85. The standard InChI is InChI=1S/C5H6INS2/c1-2-7-3-4(6)9-5(7)8/h3H,2H2,1H3. The molecule has 0 N–H and O–H groups in total. The van der Waals surface area contributed by atoms with Crippen LogP contribution in [0.2, 0.25) is 0 Å². The summed E-state index contributed by atoms with van der Waals surface area (Å²) in [6.07, 6.45) is 2.08. The summed E-state index contributed by atoms with van der Waals surface area (Å²) in [4.78, 5) is 0. The van der Waals surface area contributed by atoms with Crippen LogP contribution in [0.1, 0.15) is 6.92 Å². The molecule has 0 spiro atoms. The molecule has 1 aromatic heterocycles. The summed E-state index contributed by atoms with van der Waals surface area (Å²) < 4.78 is 4.31. The predicted molar refractivity (Wildman–Crippen MR) is 51.5 cm³/mol. The average Bonchev–Trinajstić information content (AvgIpc) is 2.10. The minimum Gasteiger partial charge on any atom is -0.329 e. The van der Waals surface area contributed by atoms with E-state index in [4.69, 9.17) is 12.2 Å². The number of rotatable bonds is 1. The Morgan fingerprint density at radius 3 is 2.78 bits per heavy atom. The van der Waals surface area contributed by atoms with Gasteiger partial charge >= 0.3 is 0 Å². The summed E-state index contributed by atoms with van der Waals surface area (Å²) in [7, 11) is 0. The van der Waals surface area contributed by atoms with E-state index < -0.39 is 0 Å². The van der Waals surface area contributed by atoms with Crippen molar-refractivity contribution in [3.8, 4) is 0 Å². The Labute approximate surface area is 76.9 Å². The van der Waals surface area contributed by atoms with Crippen molar-refractivity contribution in [2.24, 2.45) is 0 Å². The molecule has 1 nitrogen and oxygen atoms in total. The topological polar surface area (TPSA) is 4.93 Å². The van der Waals surface area contributed by atoms with Gasteiger partial charge in [-0.3, -0.25) is 0 Å². The number of hydrogen-bond donors (Lipinski definition) is 0. The molecule has 0 saturated carbocycles. The molecular formula is C5H6INS2. The summed E-state index contributed by atoms with van der Waals surface area (Å²) in [6, 6.07) is 0. The second kappa shape index (κ2) is 3.12. The van der Waals surface area contributed by atoms with Gasteiger partial charge in [0.1, 0.15) is 0 Å². The van der Waals surface area contributed by atoms with E-state index in [1.165, 1.54) is 2.88 Å². The van der Waals surface area contributed by atoms with Gasteiger partial charge in [-0.25, -0.2) is 0 Å². The fraction of sp³-hybridized carbons (Fsp3) is 0.400.